The van der Waals surface area contributed by atoms with Gasteiger partial charge < -0.3 is 42.6 Å². The van der Waals surface area contributed by atoms with Gasteiger partial charge in [-0.3, -0.25) is 9.59 Å². The normalized spacial score (nSPS) is 19.1. The molecule has 2 aliphatic rings. The predicted molar refractivity (Wildman–Crippen MR) is 174 cm³/mol. The van der Waals surface area contributed by atoms with Crippen LogP contribution in [0.2, 0.25) is 0 Å². The molecule has 0 saturated carbocycles. The van der Waals surface area contributed by atoms with E-state index in [9.17, 15) is 9.59 Å². The Bertz CT molecular complexity index is 1870. The Kier molecular flexibility index (Phi) is 8.57. The summed E-state index contributed by atoms with van der Waals surface area (Å²) in [5.41, 5.74) is 0.170. The maximum atomic E-state index is 15.0. The number of ether oxygens (including phenoxy) is 9. The minimum Gasteiger partial charge on any atom is -0.497 e. The van der Waals surface area contributed by atoms with Crippen molar-refractivity contribution in [2.24, 2.45) is 0 Å². The lowest BCUT2D eigenvalue weighted by molar-refractivity contribution is -0.118. The van der Waals surface area contributed by atoms with Crippen LogP contribution in [0.25, 0.3) is 0 Å². The molecule has 6 rings (SSSR count). The highest BCUT2D eigenvalue weighted by molar-refractivity contribution is 6.14. The van der Waals surface area contributed by atoms with Gasteiger partial charge in [-0.25, -0.2) is 0 Å². The molecule has 2 atom stereocenters. The third-order valence-corrected chi connectivity index (χ3v) is 8.80. The average Bonchev–Trinajstić information content (AvgIpc) is 3.57. The third-order valence-electron chi connectivity index (χ3n) is 8.80. The zero-order valence-electron chi connectivity index (χ0n) is 27.8. The number of Topliss-reactive ketones (excluding diaryl/α,β-unsaturated/α-hetero) is 2. The number of methoxy groups -OCH3 is 7. The zero-order chi connectivity index (χ0) is 34.2. The number of hydrogen-bond acceptors (Lipinski definition) is 11. The summed E-state index contributed by atoms with van der Waals surface area (Å²) in [4.78, 5) is 29.4. The zero-order valence-corrected chi connectivity index (χ0v) is 27.8. The van der Waals surface area contributed by atoms with E-state index in [-0.39, 0.29) is 58.3 Å². The van der Waals surface area contributed by atoms with Crippen LogP contribution in [0.3, 0.4) is 0 Å². The van der Waals surface area contributed by atoms with Gasteiger partial charge in [-0.05, 0) is 35.4 Å². The van der Waals surface area contributed by atoms with Crippen molar-refractivity contribution in [1.29, 1.82) is 0 Å². The smallest absolute Gasteiger partial charge is 0.279 e. The molecule has 48 heavy (non-hydrogen) atoms. The highest BCUT2D eigenvalue weighted by Crippen LogP contribution is 2.57. The Morgan fingerprint density at radius 1 is 0.542 bits per heavy atom. The lowest BCUT2D eigenvalue weighted by Crippen LogP contribution is -2.45. The highest BCUT2D eigenvalue weighted by Gasteiger charge is 2.59. The second kappa shape index (κ2) is 12.6. The molecule has 0 amide bonds. The number of carbonyl (C=O) groups is 2. The van der Waals surface area contributed by atoms with Gasteiger partial charge in [0, 0.05) is 38.2 Å². The summed E-state index contributed by atoms with van der Waals surface area (Å²) < 4.78 is 52.7. The third kappa shape index (κ3) is 5.11. The second-order valence-corrected chi connectivity index (χ2v) is 11.3. The Hall–Kier alpha value is -5.42. The van der Waals surface area contributed by atoms with Crippen molar-refractivity contribution in [1.82, 2.24) is 0 Å². The van der Waals surface area contributed by atoms with Gasteiger partial charge in [0.2, 0.25) is 17.2 Å². The highest BCUT2D eigenvalue weighted by atomic mass is 16.7. The summed E-state index contributed by atoms with van der Waals surface area (Å²) in [6.07, 6.45) is 0.0541. The molecule has 0 fully saturated rings. The Labute approximate surface area is 278 Å². The quantitative estimate of drug-likeness (QED) is 0.189. The molecule has 11 nitrogen and oxygen atoms in total. The van der Waals surface area contributed by atoms with Gasteiger partial charge in [0.25, 0.3) is 5.79 Å². The van der Waals surface area contributed by atoms with Gasteiger partial charge in [0.1, 0.15) is 57.1 Å². The van der Waals surface area contributed by atoms with Gasteiger partial charge in [-0.15, -0.1) is 0 Å². The molecule has 0 aromatic heterocycles. The fourth-order valence-electron chi connectivity index (χ4n) is 6.36. The molecule has 0 saturated heterocycles. The molecule has 250 valence electrons. The number of hydrogen-bond donors (Lipinski definition) is 0. The molecule has 4 aromatic rings. The van der Waals surface area contributed by atoms with Crippen molar-refractivity contribution in [3.05, 3.63) is 94.5 Å². The summed E-state index contributed by atoms with van der Waals surface area (Å²) in [5, 5.41) is 0. The number of benzene rings is 4. The Balaban J connectivity index is 1.59. The van der Waals surface area contributed by atoms with Crippen molar-refractivity contribution in [2.75, 3.05) is 49.8 Å². The maximum Gasteiger partial charge on any atom is 0.279 e. The van der Waals surface area contributed by atoms with Crippen LogP contribution in [0, 0.1) is 0 Å². The van der Waals surface area contributed by atoms with Crippen LogP contribution >= 0.6 is 0 Å². The minimum atomic E-state index is -1.80. The van der Waals surface area contributed by atoms with Crippen molar-refractivity contribution in [3.63, 3.8) is 0 Å². The topological polar surface area (TPSA) is 117 Å². The molecule has 0 aliphatic carbocycles. The van der Waals surface area contributed by atoms with Crippen LogP contribution in [-0.2, 0) is 23.2 Å². The molecule has 0 bridgehead atoms. The standard InChI is InChI=1S/C37H36O11/c1-40-23-12-8-21(9-13-23)19-36(34(38)30-26(43-4)16-25(42-3)17-28(30)47-36)32-29(45-6)18-27(44-5)31-33(32)48-37(46-7,35(31)39)20-22-10-14-24(41-2)15-11-22/h8-18H,19-20H2,1-7H3/t36-,37-/m1/s1. The van der Waals surface area contributed by atoms with Crippen LogP contribution in [0.5, 0.6) is 46.0 Å². The number of rotatable bonds is 12. The first-order valence-electron chi connectivity index (χ1n) is 15.1. The summed E-state index contributed by atoms with van der Waals surface area (Å²) >= 11 is 0. The van der Waals surface area contributed by atoms with Crippen molar-refractivity contribution in [3.8, 4) is 46.0 Å². The van der Waals surface area contributed by atoms with E-state index in [1.807, 2.05) is 24.3 Å². The first-order chi connectivity index (χ1) is 23.2. The SMILES string of the molecule is COc1ccc(C[C@@]2(OC)Oc3c(c(OC)cc(OC)c3[C@@]3(Cc4ccc(OC)cc4)Oc4cc(OC)cc(OC)c4C3=O)C2=O)cc1. The molecular formula is C37H36O11. The molecule has 2 heterocycles. The van der Waals surface area contributed by atoms with E-state index >= 15 is 0 Å². The van der Waals surface area contributed by atoms with Crippen LogP contribution < -0.4 is 37.9 Å². The molecule has 0 unspecified atom stereocenters. The van der Waals surface area contributed by atoms with Crippen LogP contribution in [0.1, 0.15) is 37.4 Å². The van der Waals surface area contributed by atoms with Crippen LogP contribution in [0.4, 0.5) is 0 Å². The maximum absolute atomic E-state index is 15.0. The van der Waals surface area contributed by atoms with Crippen LogP contribution in [-0.4, -0.2) is 67.1 Å². The Morgan fingerprint density at radius 2 is 1.08 bits per heavy atom. The van der Waals surface area contributed by atoms with Crippen molar-refractivity contribution in [2.45, 2.75) is 24.2 Å². The Morgan fingerprint density at radius 3 is 1.60 bits per heavy atom. The molecule has 4 aromatic carbocycles. The van der Waals surface area contributed by atoms with Gasteiger partial charge in [-0.2, -0.15) is 0 Å². The second-order valence-electron chi connectivity index (χ2n) is 11.3. The van der Waals surface area contributed by atoms with E-state index in [0.717, 1.165) is 11.1 Å². The lowest BCUT2D eigenvalue weighted by atomic mass is 9.80. The van der Waals surface area contributed by atoms with E-state index < -0.39 is 23.0 Å². The number of carbonyl (C=O) groups excluding carboxylic acids is 2. The van der Waals surface area contributed by atoms with Gasteiger partial charge in [-0.1, -0.05) is 24.3 Å². The lowest BCUT2D eigenvalue weighted by Gasteiger charge is -2.32. The van der Waals surface area contributed by atoms with E-state index in [1.165, 1.54) is 35.5 Å². The fraction of sp³-hybridized carbons (Fsp3) is 0.297. The van der Waals surface area contributed by atoms with Crippen molar-refractivity contribution < 1.29 is 52.2 Å². The van der Waals surface area contributed by atoms with E-state index in [4.69, 9.17) is 42.6 Å². The van der Waals surface area contributed by atoms with Gasteiger partial charge in [0.15, 0.2) is 0 Å². The summed E-state index contributed by atoms with van der Waals surface area (Å²) in [7, 11) is 10.4. The van der Waals surface area contributed by atoms with E-state index in [0.29, 0.717) is 17.2 Å². The molecular weight excluding hydrogens is 620 g/mol. The molecule has 2 aliphatic heterocycles. The minimum absolute atomic E-state index is 0.0150. The first kappa shape index (κ1) is 32.5. The summed E-state index contributed by atoms with van der Waals surface area (Å²) in [6.45, 7) is 0. The number of fused-ring (bicyclic) bond motifs is 2. The fourth-order valence-corrected chi connectivity index (χ4v) is 6.36. The van der Waals surface area contributed by atoms with Crippen molar-refractivity contribution >= 4 is 11.6 Å². The summed E-state index contributed by atoms with van der Waals surface area (Å²) in [5.74, 6) is -0.0652. The van der Waals surface area contributed by atoms with Crippen LogP contribution in [0.15, 0.2) is 66.7 Å². The van der Waals surface area contributed by atoms with E-state index in [2.05, 4.69) is 0 Å². The monoisotopic (exact) mass is 656 g/mol. The first-order valence-corrected chi connectivity index (χ1v) is 15.1. The average molecular weight is 657 g/mol. The largest absolute Gasteiger partial charge is 0.497 e. The predicted octanol–water partition coefficient (Wildman–Crippen LogP) is 5.61. The molecule has 0 N–H and O–H groups in total. The number of ketones is 2. The molecule has 11 heteroatoms. The molecule has 0 spiro atoms. The molecule has 0 radical (unpaired) electrons. The van der Waals surface area contributed by atoms with Gasteiger partial charge in [0.05, 0.1) is 48.2 Å². The summed E-state index contributed by atoms with van der Waals surface area (Å²) in [6, 6.07) is 19.3. The van der Waals surface area contributed by atoms with Gasteiger partial charge >= 0.3 is 0 Å². The van der Waals surface area contributed by atoms with E-state index in [1.54, 1.807) is 56.7 Å².